The molecule has 0 radical (unpaired) electrons. The number of nitro benzene ring substituents is 1. The molecule has 24 heavy (non-hydrogen) atoms. The van der Waals surface area contributed by atoms with Crippen LogP contribution < -0.4 is 16.2 Å². The molecule has 1 aromatic heterocycles. The van der Waals surface area contributed by atoms with Gasteiger partial charge in [-0.25, -0.2) is 0 Å². The third kappa shape index (κ3) is 4.60. The molecule has 0 fully saturated rings. The predicted molar refractivity (Wildman–Crippen MR) is 90.2 cm³/mol. The summed E-state index contributed by atoms with van der Waals surface area (Å²) in [5, 5.41) is 12.7. The summed E-state index contributed by atoms with van der Waals surface area (Å²) in [5.41, 5.74) is 4.64. The summed E-state index contributed by atoms with van der Waals surface area (Å²) < 4.78 is 5.43. The molecule has 11 heteroatoms. The molecule has 0 aliphatic carbocycles. The van der Waals surface area contributed by atoms with Crippen molar-refractivity contribution in [3.05, 3.63) is 62.5 Å². The van der Waals surface area contributed by atoms with Crippen molar-refractivity contribution in [2.24, 2.45) is 0 Å². The van der Waals surface area contributed by atoms with Gasteiger partial charge in [0.05, 0.1) is 4.92 Å². The van der Waals surface area contributed by atoms with Crippen LogP contribution in [-0.4, -0.2) is 21.9 Å². The quantitative estimate of drug-likeness (QED) is 0.399. The van der Waals surface area contributed by atoms with Gasteiger partial charge < -0.3 is 4.42 Å². The Balaban J connectivity index is 1.85. The number of benzene rings is 1. The van der Waals surface area contributed by atoms with E-state index in [0.717, 1.165) is 0 Å². The fraction of sp³-hybridized carbons (Fsp3) is 0. The smallest absolute Gasteiger partial charge is 0.293 e. The lowest BCUT2D eigenvalue weighted by molar-refractivity contribution is -0.384. The van der Waals surface area contributed by atoms with Gasteiger partial charge in [0.15, 0.2) is 15.5 Å². The second-order valence-electron chi connectivity index (χ2n) is 4.27. The molecule has 0 unspecified atom stereocenters. The molecule has 2 rings (SSSR count). The molecule has 1 aromatic carbocycles. The van der Waals surface area contributed by atoms with Crippen LogP contribution in [0.25, 0.3) is 0 Å². The molecule has 0 aliphatic rings. The molecule has 0 spiro atoms. The summed E-state index contributed by atoms with van der Waals surface area (Å²) in [7, 11) is 0. The van der Waals surface area contributed by atoms with Gasteiger partial charge in [-0.05, 0) is 52.4 Å². The van der Waals surface area contributed by atoms with Gasteiger partial charge in [0.2, 0.25) is 0 Å². The fourth-order valence-electron chi connectivity index (χ4n) is 1.55. The number of halogens is 1. The number of carbonyl (C=O) groups excluding carboxylic acids is 2. The lowest BCUT2D eigenvalue weighted by atomic mass is 10.2. The molecule has 0 saturated carbocycles. The maximum atomic E-state index is 11.8. The van der Waals surface area contributed by atoms with Crippen LogP contribution in [0.5, 0.6) is 0 Å². The van der Waals surface area contributed by atoms with Crippen molar-refractivity contribution >= 4 is 50.8 Å². The molecule has 9 nitrogen and oxygen atoms in total. The maximum absolute atomic E-state index is 11.8. The Morgan fingerprint density at radius 2 is 1.75 bits per heavy atom. The van der Waals surface area contributed by atoms with Crippen molar-refractivity contribution in [2.45, 2.75) is 0 Å². The summed E-state index contributed by atoms with van der Waals surface area (Å²) in [6, 6.07) is 7.96. The first-order valence-electron chi connectivity index (χ1n) is 6.28. The Morgan fingerprint density at radius 1 is 1.08 bits per heavy atom. The second-order valence-corrected chi connectivity index (χ2v) is 5.46. The number of hydrogen-bond acceptors (Lipinski definition) is 6. The van der Waals surface area contributed by atoms with E-state index in [4.69, 9.17) is 16.6 Å². The summed E-state index contributed by atoms with van der Waals surface area (Å²) >= 11 is 7.92. The van der Waals surface area contributed by atoms with Gasteiger partial charge in [-0.2, -0.15) is 0 Å². The van der Waals surface area contributed by atoms with Gasteiger partial charge in [0, 0.05) is 17.7 Å². The first-order valence-corrected chi connectivity index (χ1v) is 7.48. The van der Waals surface area contributed by atoms with E-state index in [2.05, 4.69) is 32.1 Å². The predicted octanol–water partition coefficient (Wildman–Crippen LogP) is 1.90. The van der Waals surface area contributed by atoms with Crippen LogP contribution in [0.2, 0.25) is 0 Å². The second kappa shape index (κ2) is 7.66. The zero-order valence-corrected chi connectivity index (χ0v) is 14.1. The number of carbonyl (C=O) groups is 2. The molecule has 0 aliphatic heterocycles. The third-order valence-electron chi connectivity index (χ3n) is 2.65. The minimum absolute atomic E-state index is 0.0349. The van der Waals surface area contributed by atoms with Crippen LogP contribution in [0.4, 0.5) is 5.69 Å². The zero-order valence-electron chi connectivity index (χ0n) is 11.7. The first kappa shape index (κ1) is 17.6. The number of hydrogen-bond donors (Lipinski definition) is 3. The van der Waals surface area contributed by atoms with Gasteiger partial charge in [-0.3, -0.25) is 35.9 Å². The zero-order chi connectivity index (χ0) is 17.7. The highest BCUT2D eigenvalue weighted by atomic mass is 79.9. The molecule has 2 aromatic rings. The van der Waals surface area contributed by atoms with Crippen LogP contribution in [0, 0.1) is 10.1 Å². The Labute approximate surface area is 148 Å². The van der Waals surface area contributed by atoms with Gasteiger partial charge in [-0.15, -0.1) is 0 Å². The van der Waals surface area contributed by atoms with Crippen molar-refractivity contribution in [3.63, 3.8) is 0 Å². The minimum atomic E-state index is -0.595. The van der Waals surface area contributed by atoms with Crippen LogP contribution >= 0.6 is 28.1 Å². The topological polar surface area (TPSA) is 127 Å². The summed E-state index contributed by atoms with van der Waals surface area (Å²) in [6.45, 7) is 0. The summed E-state index contributed by atoms with van der Waals surface area (Å²) in [6.07, 6.45) is 0. The SMILES string of the molecule is O=C(NNC(=S)NC(=O)c1ccc(Br)o1)c1ccc([N+](=O)[O-])cc1. The molecular formula is C13H9BrN4O5S. The summed E-state index contributed by atoms with van der Waals surface area (Å²) in [5.74, 6) is -1.14. The van der Waals surface area contributed by atoms with Crippen molar-refractivity contribution < 1.29 is 18.9 Å². The van der Waals surface area contributed by atoms with Crippen molar-refractivity contribution in [2.75, 3.05) is 0 Å². The highest BCUT2D eigenvalue weighted by molar-refractivity contribution is 9.10. The Hall–Kier alpha value is -2.79. The van der Waals surface area contributed by atoms with E-state index in [1.165, 1.54) is 30.3 Å². The lowest BCUT2D eigenvalue weighted by Gasteiger charge is -2.09. The molecule has 1 heterocycles. The van der Waals surface area contributed by atoms with E-state index < -0.39 is 16.7 Å². The number of hydrazine groups is 1. The highest BCUT2D eigenvalue weighted by Crippen LogP contribution is 2.13. The Morgan fingerprint density at radius 3 is 2.29 bits per heavy atom. The van der Waals surface area contributed by atoms with Gasteiger partial charge in [0.1, 0.15) is 0 Å². The first-order chi connectivity index (χ1) is 11.4. The number of amides is 2. The van der Waals surface area contributed by atoms with E-state index in [0.29, 0.717) is 4.67 Å². The van der Waals surface area contributed by atoms with E-state index >= 15 is 0 Å². The molecule has 3 N–H and O–H groups in total. The average Bonchev–Trinajstić information content (AvgIpc) is 2.99. The van der Waals surface area contributed by atoms with Gasteiger partial charge >= 0.3 is 0 Å². The third-order valence-corrected chi connectivity index (χ3v) is 3.28. The molecule has 124 valence electrons. The number of furan rings is 1. The number of thiocarbonyl (C=S) groups is 1. The number of non-ortho nitro benzene ring substituents is 1. The van der Waals surface area contributed by atoms with Crippen molar-refractivity contribution in [1.82, 2.24) is 16.2 Å². The molecule has 0 bridgehead atoms. The molecule has 0 atom stereocenters. The normalized spacial score (nSPS) is 9.88. The Bertz CT molecular complexity index is 805. The summed E-state index contributed by atoms with van der Waals surface area (Å²) in [4.78, 5) is 33.6. The van der Waals surface area contributed by atoms with Crippen LogP contribution in [0.15, 0.2) is 45.5 Å². The Kier molecular flexibility index (Phi) is 5.60. The molecule has 2 amide bonds. The van der Waals surface area contributed by atoms with Gasteiger partial charge in [-0.1, -0.05) is 0 Å². The lowest BCUT2D eigenvalue weighted by Crippen LogP contribution is -2.48. The molecular weight excluding hydrogens is 404 g/mol. The van der Waals surface area contributed by atoms with Crippen molar-refractivity contribution in [1.29, 1.82) is 0 Å². The van der Waals surface area contributed by atoms with Crippen LogP contribution in [0.1, 0.15) is 20.9 Å². The van der Waals surface area contributed by atoms with Crippen LogP contribution in [-0.2, 0) is 0 Å². The molecule has 0 saturated heterocycles. The van der Waals surface area contributed by atoms with Crippen LogP contribution in [0.3, 0.4) is 0 Å². The van der Waals surface area contributed by atoms with E-state index in [1.54, 1.807) is 6.07 Å². The standard InChI is InChI=1S/C13H9BrN4O5S/c14-10-6-5-9(23-10)12(20)15-13(24)17-16-11(19)7-1-3-8(4-2-7)18(21)22/h1-6H,(H,16,19)(H2,15,17,20,24). The average molecular weight is 413 g/mol. The number of nitrogens with one attached hydrogen (secondary N) is 3. The number of nitro groups is 1. The minimum Gasteiger partial charge on any atom is -0.444 e. The number of rotatable bonds is 3. The van der Waals surface area contributed by atoms with Gasteiger partial charge in [0.25, 0.3) is 17.5 Å². The van der Waals surface area contributed by atoms with E-state index in [9.17, 15) is 19.7 Å². The largest absolute Gasteiger partial charge is 0.444 e. The monoisotopic (exact) mass is 412 g/mol. The van der Waals surface area contributed by atoms with E-state index in [-0.39, 0.29) is 22.1 Å². The fourth-order valence-corrected chi connectivity index (χ4v) is 2.00. The number of nitrogens with zero attached hydrogens (tertiary/aromatic N) is 1. The maximum Gasteiger partial charge on any atom is 0.293 e. The van der Waals surface area contributed by atoms with E-state index in [1.807, 2.05) is 0 Å². The highest BCUT2D eigenvalue weighted by Gasteiger charge is 2.13. The van der Waals surface area contributed by atoms with Crippen molar-refractivity contribution in [3.8, 4) is 0 Å².